The molecule has 0 amide bonds. The minimum Gasteiger partial charge on any atom is -0.868 e. The molecule has 0 atom stereocenters. The van der Waals surface area contributed by atoms with Crippen LogP contribution in [0.15, 0.2) is 41.5 Å². The van der Waals surface area contributed by atoms with Crippen LogP contribution < -0.4 is 15.8 Å². The molecule has 0 fully saturated rings. The number of aryl methyl sites for hydroxylation is 2. The van der Waals surface area contributed by atoms with E-state index in [1.807, 2.05) is 32.0 Å². The fourth-order valence-electron chi connectivity index (χ4n) is 2.03. The zero-order chi connectivity index (χ0) is 17.7. The number of nitro benzene ring substituents is 1. The lowest BCUT2D eigenvalue weighted by atomic mass is 10.1. The maximum absolute atomic E-state index is 11.3. The average molecular weight is 343 g/mol. The Bertz CT molecular complexity index is 821. The van der Waals surface area contributed by atoms with Gasteiger partial charge in [0.1, 0.15) is 0 Å². The molecule has 0 aliphatic carbocycles. The second kappa shape index (κ2) is 7.51. The molecule has 2 aromatic rings. The van der Waals surface area contributed by atoms with Crippen LogP contribution in [0.1, 0.15) is 16.7 Å². The summed E-state index contributed by atoms with van der Waals surface area (Å²) in [6, 6.07) is 9.64. The number of hydrogen-bond acceptors (Lipinski definition) is 5. The Kier molecular flexibility index (Phi) is 5.43. The second-order valence-corrected chi connectivity index (χ2v) is 5.54. The van der Waals surface area contributed by atoms with Crippen LogP contribution >= 0.6 is 12.2 Å². The summed E-state index contributed by atoms with van der Waals surface area (Å²) in [4.78, 5) is 10.0. The molecule has 0 aliphatic heterocycles. The third-order valence-corrected chi connectivity index (χ3v) is 3.38. The van der Waals surface area contributed by atoms with Crippen molar-refractivity contribution in [1.82, 2.24) is 5.43 Å². The molecule has 0 radical (unpaired) electrons. The van der Waals surface area contributed by atoms with Gasteiger partial charge in [-0.2, -0.15) is 5.10 Å². The molecule has 0 saturated heterocycles. The predicted molar refractivity (Wildman–Crippen MR) is 95.4 cm³/mol. The van der Waals surface area contributed by atoms with Crippen molar-refractivity contribution in [2.75, 3.05) is 5.32 Å². The minimum absolute atomic E-state index is 0.285. The number of nitrogens with one attached hydrogen (secondary N) is 2. The van der Waals surface area contributed by atoms with Gasteiger partial charge in [0.15, 0.2) is 5.11 Å². The molecule has 0 bridgehead atoms. The molecular weight excluding hydrogens is 328 g/mol. The van der Waals surface area contributed by atoms with E-state index in [9.17, 15) is 15.2 Å². The largest absolute Gasteiger partial charge is 0.868 e. The zero-order valence-corrected chi connectivity index (χ0v) is 13.9. The SMILES string of the molecule is Cc1ccc(NC(=S)N/N=C\c2ccc([O-])c([N+](=O)[O-])c2)c(C)c1. The quantitative estimate of drug-likeness (QED) is 0.383. The molecule has 0 aromatic heterocycles. The average Bonchev–Trinajstić information content (AvgIpc) is 2.51. The van der Waals surface area contributed by atoms with Crippen LogP contribution in [0.3, 0.4) is 0 Å². The van der Waals surface area contributed by atoms with Gasteiger partial charge in [-0.25, -0.2) is 0 Å². The summed E-state index contributed by atoms with van der Waals surface area (Å²) in [5.41, 5.74) is 5.61. The highest BCUT2D eigenvalue weighted by Gasteiger charge is 2.07. The van der Waals surface area contributed by atoms with E-state index in [0.717, 1.165) is 28.9 Å². The van der Waals surface area contributed by atoms with E-state index in [1.54, 1.807) is 0 Å². The third kappa shape index (κ3) is 4.50. The van der Waals surface area contributed by atoms with Gasteiger partial charge in [-0.3, -0.25) is 15.5 Å². The molecule has 2 N–H and O–H groups in total. The second-order valence-electron chi connectivity index (χ2n) is 5.13. The number of nitro groups is 1. The van der Waals surface area contributed by atoms with Gasteiger partial charge in [0.2, 0.25) is 0 Å². The summed E-state index contributed by atoms with van der Waals surface area (Å²) in [6.45, 7) is 3.97. The highest BCUT2D eigenvalue weighted by molar-refractivity contribution is 7.80. The summed E-state index contributed by atoms with van der Waals surface area (Å²) in [5, 5.41) is 29.3. The van der Waals surface area contributed by atoms with Crippen molar-refractivity contribution in [2.45, 2.75) is 13.8 Å². The molecule has 2 aromatic carbocycles. The lowest BCUT2D eigenvalue weighted by Gasteiger charge is -2.10. The number of anilines is 1. The first-order valence-electron chi connectivity index (χ1n) is 6.99. The molecule has 0 saturated carbocycles. The summed E-state index contributed by atoms with van der Waals surface area (Å²) in [5.74, 6) is -0.642. The van der Waals surface area contributed by atoms with Crippen molar-refractivity contribution in [3.05, 3.63) is 63.2 Å². The van der Waals surface area contributed by atoms with E-state index < -0.39 is 16.4 Å². The Labute approximate surface area is 144 Å². The van der Waals surface area contributed by atoms with Crippen LogP contribution in [0, 0.1) is 24.0 Å². The lowest BCUT2D eigenvalue weighted by Crippen LogP contribution is -2.24. The van der Waals surface area contributed by atoms with E-state index in [0.29, 0.717) is 5.56 Å². The minimum atomic E-state index is -0.723. The number of hydrazone groups is 1. The number of nitrogens with zero attached hydrogens (tertiary/aromatic N) is 2. The van der Waals surface area contributed by atoms with Crippen LogP contribution in [0.5, 0.6) is 5.75 Å². The number of hydrogen-bond donors (Lipinski definition) is 2. The summed E-state index contributed by atoms with van der Waals surface area (Å²) in [6.07, 6.45) is 1.35. The first-order chi connectivity index (χ1) is 11.4. The zero-order valence-electron chi connectivity index (χ0n) is 13.1. The third-order valence-electron chi connectivity index (χ3n) is 3.19. The van der Waals surface area contributed by atoms with E-state index in [1.165, 1.54) is 12.3 Å². The van der Waals surface area contributed by atoms with E-state index in [2.05, 4.69) is 15.8 Å². The Morgan fingerprint density at radius 1 is 1.25 bits per heavy atom. The van der Waals surface area contributed by atoms with Crippen molar-refractivity contribution >= 4 is 34.9 Å². The molecule has 8 heteroatoms. The normalized spacial score (nSPS) is 10.6. The Morgan fingerprint density at radius 3 is 2.67 bits per heavy atom. The molecule has 0 spiro atoms. The van der Waals surface area contributed by atoms with Gasteiger partial charge in [0, 0.05) is 17.3 Å². The summed E-state index contributed by atoms with van der Waals surface area (Å²) in [7, 11) is 0. The maximum Gasteiger partial charge on any atom is 0.262 e. The summed E-state index contributed by atoms with van der Waals surface area (Å²) >= 11 is 5.14. The molecule has 0 unspecified atom stereocenters. The number of rotatable bonds is 4. The first-order valence-corrected chi connectivity index (χ1v) is 7.40. The fourth-order valence-corrected chi connectivity index (χ4v) is 2.19. The van der Waals surface area contributed by atoms with Gasteiger partial charge in [0.05, 0.1) is 11.1 Å². The van der Waals surface area contributed by atoms with Crippen LogP contribution in [0.25, 0.3) is 0 Å². The highest BCUT2D eigenvalue weighted by atomic mass is 32.1. The van der Waals surface area contributed by atoms with Crippen molar-refractivity contribution < 1.29 is 10.0 Å². The predicted octanol–water partition coefficient (Wildman–Crippen LogP) is 2.61. The number of thiocarbonyl (C=S) groups is 1. The van der Waals surface area contributed by atoms with Crippen molar-refractivity contribution in [3.8, 4) is 5.75 Å². The number of benzene rings is 2. The molecule has 0 aliphatic rings. The highest BCUT2D eigenvalue weighted by Crippen LogP contribution is 2.22. The van der Waals surface area contributed by atoms with Gasteiger partial charge in [0.25, 0.3) is 5.69 Å². The summed E-state index contributed by atoms with van der Waals surface area (Å²) < 4.78 is 0. The van der Waals surface area contributed by atoms with Gasteiger partial charge in [-0.15, -0.1) is 0 Å². The van der Waals surface area contributed by atoms with Crippen molar-refractivity contribution in [2.24, 2.45) is 5.10 Å². The van der Waals surface area contributed by atoms with E-state index in [4.69, 9.17) is 12.2 Å². The fraction of sp³-hybridized carbons (Fsp3) is 0.125. The van der Waals surface area contributed by atoms with Crippen molar-refractivity contribution in [3.63, 3.8) is 0 Å². The van der Waals surface area contributed by atoms with Crippen LogP contribution in [0.4, 0.5) is 11.4 Å². The Balaban J connectivity index is 2.00. The first kappa shape index (κ1) is 17.4. The van der Waals surface area contributed by atoms with Gasteiger partial charge < -0.3 is 10.4 Å². The topological polar surface area (TPSA) is 103 Å². The lowest BCUT2D eigenvalue weighted by molar-refractivity contribution is -0.398. The molecular formula is C16H15N4O3S-. The molecule has 0 heterocycles. The van der Waals surface area contributed by atoms with Gasteiger partial charge in [-0.1, -0.05) is 29.8 Å². The van der Waals surface area contributed by atoms with Gasteiger partial charge >= 0.3 is 0 Å². The van der Waals surface area contributed by atoms with E-state index >= 15 is 0 Å². The van der Waals surface area contributed by atoms with Crippen molar-refractivity contribution in [1.29, 1.82) is 0 Å². The Hall–Kier alpha value is -3.00. The van der Waals surface area contributed by atoms with Crippen LogP contribution in [0.2, 0.25) is 0 Å². The maximum atomic E-state index is 11.3. The molecule has 24 heavy (non-hydrogen) atoms. The smallest absolute Gasteiger partial charge is 0.262 e. The van der Waals surface area contributed by atoms with Crippen LogP contribution in [-0.2, 0) is 0 Å². The monoisotopic (exact) mass is 343 g/mol. The van der Waals surface area contributed by atoms with E-state index in [-0.39, 0.29) is 5.11 Å². The van der Waals surface area contributed by atoms with Gasteiger partial charge in [-0.05, 0) is 43.4 Å². The van der Waals surface area contributed by atoms with Crippen LogP contribution in [-0.4, -0.2) is 16.3 Å². The molecule has 7 nitrogen and oxygen atoms in total. The molecule has 124 valence electrons. The standard InChI is InChI=1S/C16H16N4O3S/c1-10-3-5-13(11(2)7-10)18-16(24)19-17-9-12-4-6-15(21)14(8-12)20(22)23/h3-9,21H,1-2H3,(H2,18,19,24)/p-1/b17-9-. The Morgan fingerprint density at radius 2 is 2.00 bits per heavy atom. The molecule has 2 rings (SSSR count).